The zero-order chi connectivity index (χ0) is 18.1. The minimum absolute atomic E-state index is 0.0426. The van der Waals surface area contributed by atoms with Crippen molar-refractivity contribution in [1.82, 2.24) is 20.1 Å². The summed E-state index contributed by atoms with van der Waals surface area (Å²) in [6, 6.07) is 2.77. The number of nitrogens with zero attached hydrogens (tertiary/aromatic N) is 3. The van der Waals surface area contributed by atoms with Gasteiger partial charge in [-0.25, -0.2) is 4.98 Å². The highest BCUT2D eigenvalue weighted by Crippen LogP contribution is 2.34. The van der Waals surface area contributed by atoms with Crippen LogP contribution in [-0.4, -0.2) is 46.1 Å². The predicted molar refractivity (Wildman–Crippen MR) is 83.3 cm³/mol. The largest absolute Gasteiger partial charge is 0.416 e. The number of H-pyrrole nitrogens is 1. The van der Waals surface area contributed by atoms with Crippen molar-refractivity contribution in [1.29, 1.82) is 0 Å². The van der Waals surface area contributed by atoms with Crippen LogP contribution in [0.3, 0.4) is 0 Å². The number of likely N-dealkylation sites (N-methyl/N-ethyl adjacent to an activating group) is 1. The van der Waals surface area contributed by atoms with Gasteiger partial charge in [0.25, 0.3) is 0 Å². The van der Waals surface area contributed by atoms with Crippen molar-refractivity contribution < 1.29 is 18.0 Å². The molecule has 9 heteroatoms. The summed E-state index contributed by atoms with van der Waals surface area (Å²) in [5.41, 5.74) is -0.668. The van der Waals surface area contributed by atoms with E-state index in [1.165, 1.54) is 6.07 Å². The van der Waals surface area contributed by atoms with Crippen LogP contribution in [0.1, 0.15) is 18.3 Å². The van der Waals surface area contributed by atoms with Crippen LogP contribution in [-0.2, 0) is 11.0 Å². The first-order chi connectivity index (χ1) is 11.1. The maximum atomic E-state index is 13.1. The Bertz CT molecular complexity index is 739. The maximum absolute atomic E-state index is 13.1. The van der Waals surface area contributed by atoms with Crippen molar-refractivity contribution in [3.8, 4) is 11.4 Å². The van der Waals surface area contributed by atoms with E-state index in [-0.39, 0.29) is 17.1 Å². The van der Waals surface area contributed by atoms with E-state index in [0.29, 0.717) is 5.82 Å². The fourth-order valence-electron chi connectivity index (χ4n) is 1.95. The molecule has 0 aliphatic rings. The third-order valence-corrected chi connectivity index (χ3v) is 3.54. The van der Waals surface area contributed by atoms with Gasteiger partial charge in [0.05, 0.1) is 11.6 Å². The number of rotatable bonds is 4. The molecule has 0 saturated carbocycles. The van der Waals surface area contributed by atoms with E-state index in [2.05, 4.69) is 20.5 Å². The number of hydrogen-bond acceptors (Lipinski definition) is 4. The Morgan fingerprint density at radius 2 is 1.96 bits per heavy atom. The minimum Gasteiger partial charge on any atom is -0.325 e. The van der Waals surface area contributed by atoms with Crippen molar-refractivity contribution in [2.24, 2.45) is 0 Å². The highest BCUT2D eigenvalue weighted by Gasteiger charge is 2.32. The Morgan fingerprint density at radius 3 is 2.46 bits per heavy atom. The van der Waals surface area contributed by atoms with E-state index in [1.54, 1.807) is 32.8 Å². The first kappa shape index (κ1) is 17.9. The molecular weight excluding hydrogens is 323 g/mol. The van der Waals surface area contributed by atoms with Crippen LogP contribution in [0.15, 0.2) is 18.2 Å². The smallest absolute Gasteiger partial charge is 0.325 e. The average Bonchev–Trinajstić information content (AvgIpc) is 2.91. The summed E-state index contributed by atoms with van der Waals surface area (Å²) in [5, 5.41) is 8.96. The molecule has 0 radical (unpaired) electrons. The van der Waals surface area contributed by atoms with Crippen LogP contribution in [0, 0.1) is 6.92 Å². The van der Waals surface area contributed by atoms with Crippen LogP contribution < -0.4 is 5.32 Å². The van der Waals surface area contributed by atoms with Crippen molar-refractivity contribution >= 4 is 11.6 Å². The van der Waals surface area contributed by atoms with Crippen LogP contribution in [0.25, 0.3) is 11.4 Å². The molecule has 0 bridgehead atoms. The summed E-state index contributed by atoms with van der Waals surface area (Å²) in [7, 11) is 3.41. The molecule has 0 saturated heterocycles. The molecule has 2 aromatic rings. The fourth-order valence-corrected chi connectivity index (χ4v) is 1.95. The zero-order valence-electron chi connectivity index (χ0n) is 13.7. The molecule has 2 N–H and O–H groups in total. The third-order valence-electron chi connectivity index (χ3n) is 3.54. The second-order valence-electron chi connectivity index (χ2n) is 5.67. The minimum atomic E-state index is -4.55. The number of amides is 1. The number of benzene rings is 1. The van der Waals surface area contributed by atoms with Gasteiger partial charge >= 0.3 is 6.18 Å². The van der Waals surface area contributed by atoms with Gasteiger partial charge in [0.2, 0.25) is 5.91 Å². The lowest BCUT2D eigenvalue weighted by Gasteiger charge is -2.19. The maximum Gasteiger partial charge on any atom is 0.416 e. The molecule has 1 amide bonds. The molecule has 1 aromatic carbocycles. The first-order valence-corrected chi connectivity index (χ1v) is 7.17. The number of aromatic nitrogens is 3. The Morgan fingerprint density at radius 1 is 1.29 bits per heavy atom. The van der Waals surface area contributed by atoms with E-state index < -0.39 is 23.7 Å². The van der Waals surface area contributed by atoms with Crippen molar-refractivity contribution in [3.05, 3.63) is 29.6 Å². The van der Waals surface area contributed by atoms with Crippen molar-refractivity contribution in [3.63, 3.8) is 0 Å². The normalized spacial score (nSPS) is 13.2. The lowest BCUT2D eigenvalue weighted by atomic mass is 10.1. The van der Waals surface area contributed by atoms with Gasteiger partial charge in [0, 0.05) is 11.3 Å². The summed E-state index contributed by atoms with van der Waals surface area (Å²) < 4.78 is 39.4. The van der Waals surface area contributed by atoms with Crippen LogP contribution in [0.5, 0.6) is 0 Å². The van der Waals surface area contributed by atoms with Gasteiger partial charge in [-0.05, 0) is 46.1 Å². The lowest BCUT2D eigenvalue weighted by molar-refractivity contribution is -0.137. The molecule has 24 heavy (non-hydrogen) atoms. The summed E-state index contributed by atoms with van der Waals surface area (Å²) in [6.45, 7) is 3.30. The Hall–Kier alpha value is -2.42. The number of alkyl halides is 3. The molecule has 130 valence electrons. The second-order valence-corrected chi connectivity index (χ2v) is 5.67. The highest BCUT2D eigenvalue weighted by molar-refractivity contribution is 5.95. The fraction of sp³-hybridized carbons (Fsp3) is 0.400. The third kappa shape index (κ3) is 4.10. The van der Waals surface area contributed by atoms with E-state index >= 15 is 0 Å². The number of nitrogens with one attached hydrogen (secondary N) is 2. The molecule has 6 nitrogen and oxygen atoms in total. The Balaban J connectivity index is 2.42. The monoisotopic (exact) mass is 341 g/mol. The van der Waals surface area contributed by atoms with Crippen LogP contribution >= 0.6 is 0 Å². The first-order valence-electron chi connectivity index (χ1n) is 7.17. The van der Waals surface area contributed by atoms with Gasteiger partial charge in [-0.3, -0.25) is 14.8 Å². The average molecular weight is 341 g/mol. The second kappa shape index (κ2) is 6.60. The van der Waals surface area contributed by atoms with Crippen molar-refractivity contribution in [2.75, 3.05) is 19.4 Å². The van der Waals surface area contributed by atoms with Crippen molar-refractivity contribution in [2.45, 2.75) is 26.1 Å². The van der Waals surface area contributed by atoms with Gasteiger partial charge in [-0.1, -0.05) is 0 Å². The molecule has 2 rings (SSSR count). The molecular formula is C15H18F3N5O. The number of halogens is 3. The number of aryl methyl sites for hydroxylation is 1. The summed E-state index contributed by atoms with van der Waals surface area (Å²) in [6.07, 6.45) is -4.55. The standard InChI is InChI=1S/C15H18F3N5O/c1-8(23(3)4)14(24)20-12-6-10(13-19-9(2)21-22-13)5-11(7-12)15(16,17)18/h5-8H,1-4H3,(H,20,24)(H,19,21,22)/t8-/m1/s1. The lowest BCUT2D eigenvalue weighted by Crippen LogP contribution is -2.37. The summed E-state index contributed by atoms with van der Waals surface area (Å²) in [4.78, 5) is 17.8. The molecule has 1 atom stereocenters. The number of carbonyl (C=O) groups is 1. The van der Waals surface area contributed by atoms with Gasteiger partial charge < -0.3 is 5.32 Å². The molecule has 0 aliphatic heterocycles. The Labute approximate surface area is 137 Å². The van der Waals surface area contributed by atoms with E-state index in [1.807, 2.05) is 0 Å². The van der Waals surface area contributed by atoms with Crippen LogP contribution in [0.2, 0.25) is 0 Å². The molecule has 0 fully saturated rings. The van der Waals surface area contributed by atoms with E-state index in [0.717, 1.165) is 12.1 Å². The topological polar surface area (TPSA) is 73.9 Å². The highest BCUT2D eigenvalue weighted by atomic mass is 19.4. The predicted octanol–water partition coefficient (Wildman–Crippen LogP) is 2.69. The van der Waals surface area contributed by atoms with Gasteiger partial charge in [0.15, 0.2) is 5.82 Å². The van der Waals surface area contributed by atoms with E-state index in [9.17, 15) is 18.0 Å². The molecule has 0 spiro atoms. The molecule has 1 heterocycles. The number of hydrogen-bond donors (Lipinski definition) is 2. The molecule has 0 unspecified atom stereocenters. The van der Waals surface area contributed by atoms with Gasteiger partial charge in [-0.2, -0.15) is 18.3 Å². The molecule has 0 aliphatic carbocycles. The summed E-state index contributed by atoms with van der Waals surface area (Å²) in [5.74, 6) is 0.209. The zero-order valence-corrected chi connectivity index (χ0v) is 13.7. The number of anilines is 1. The summed E-state index contributed by atoms with van der Waals surface area (Å²) >= 11 is 0. The SMILES string of the molecule is Cc1nc(-c2cc(NC(=O)[C@@H](C)N(C)C)cc(C(F)(F)F)c2)n[nH]1. The van der Waals surface area contributed by atoms with E-state index in [4.69, 9.17) is 0 Å². The van der Waals surface area contributed by atoms with Gasteiger partial charge in [0.1, 0.15) is 5.82 Å². The quantitative estimate of drug-likeness (QED) is 0.897. The molecule has 1 aromatic heterocycles. The Kier molecular flexibility index (Phi) is 4.93. The van der Waals surface area contributed by atoms with Crippen LogP contribution in [0.4, 0.5) is 18.9 Å². The number of aromatic amines is 1. The van der Waals surface area contributed by atoms with Gasteiger partial charge in [-0.15, -0.1) is 0 Å². The number of carbonyl (C=O) groups excluding carboxylic acids is 1.